The fourth-order valence-corrected chi connectivity index (χ4v) is 2.60. The Kier molecular flexibility index (Phi) is 19.3. The van der Waals surface area contributed by atoms with Crippen molar-refractivity contribution < 1.29 is 76.0 Å². The van der Waals surface area contributed by atoms with E-state index >= 15 is 0 Å². The molecule has 0 bridgehead atoms. The summed E-state index contributed by atoms with van der Waals surface area (Å²) in [4.78, 5) is 31.6. The number of hydrogen-bond donors (Lipinski definition) is 4. The summed E-state index contributed by atoms with van der Waals surface area (Å²) in [5, 5.41) is 19.7. The zero-order valence-electron chi connectivity index (χ0n) is 14.7. The summed E-state index contributed by atoms with van der Waals surface area (Å²) in [6.45, 7) is 1.96. The van der Waals surface area contributed by atoms with Crippen LogP contribution in [0.15, 0.2) is 0 Å². The second kappa shape index (κ2) is 17.5. The summed E-state index contributed by atoms with van der Waals surface area (Å²) in [5.41, 5.74) is 0. The Morgan fingerprint density at radius 2 is 1.81 bits per heavy atom. The molecule has 0 aliphatic carbocycles. The first kappa shape index (κ1) is 28.6. The second-order valence-corrected chi connectivity index (χ2v) is 7.88. The SMILES string of the molecule is CP(=O)(O)OCC(NC(=O)CSCCCOCCOCCO)C(=O)O.[Y]. The minimum atomic E-state index is -3.80. The largest absolute Gasteiger partial charge is 0.480 e. The first-order valence-corrected chi connectivity index (χ1v) is 10.7. The van der Waals surface area contributed by atoms with Crippen LogP contribution in [0.3, 0.4) is 0 Å². The van der Waals surface area contributed by atoms with Crippen molar-refractivity contribution in [3.05, 3.63) is 0 Å². The molecular formula is C13H26NO9PSY. The van der Waals surface area contributed by atoms with Gasteiger partial charge in [0.15, 0.2) is 6.04 Å². The minimum absolute atomic E-state index is 0. The average molecular weight is 492 g/mol. The van der Waals surface area contributed by atoms with Crippen molar-refractivity contribution in [1.82, 2.24) is 5.32 Å². The van der Waals surface area contributed by atoms with Crippen LogP contribution in [0, 0.1) is 0 Å². The number of carbonyl (C=O) groups is 2. The van der Waals surface area contributed by atoms with E-state index in [1.165, 1.54) is 11.8 Å². The van der Waals surface area contributed by atoms with E-state index in [0.717, 1.165) is 6.66 Å². The summed E-state index contributed by atoms with van der Waals surface area (Å²) in [6, 6.07) is -1.38. The first-order valence-electron chi connectivity index (χ1n) is 7.57. The number of nitrogens with one attached hydrogen (secondary N) is 1. The summed E-state index contributed by atoms with van der Waals surface area (Å²) in [5.74, 6) is -1.13. The van der Waals surface area contributed by atoms with Crippen molar-refractivity contribution in [2.24, 2.45) is 0 Å². The fraction of sp³-hybridized carbons (Fsp3) is 0.846. The average Bonchev–Trinajstić information content (AvgIpc) is 2.52. The van der Waals surface area contributed by atoms with Gasteiger partial charge in [-0.2, -0.15) is 11.8 Å². The molecule has 13 heteroatoms. The number of carboxylic acid groups (broad SMARTS) is 1. The van der Waals surface area contributed by atoms with Crippen LogP contribution in [0.2, 0.25) is 0 Å². The number of carboxylic acids is 1. The maximum absolute atomic E-state index is 11.7. The molecule has 2 atom stereocenters. The Morgan fingerprint density at radius 1 is 1.19 bits per heavy atom. The van der Waals surface area contributed by atoms with E-state index in [2.05, 4.69) is 9.84 Å². The van der Waals surface area contributed by atoms with Crippen LogP contribution >= 0.6 is 19.4 Å². The number of amides is 1. The van der Waals surface area contributed by atoms with E-state index in [0.29, 0.717) is 32.0 Å². The molecule has 0 aromatic carbocycles. The molecule has 0 rings (SSSR count). The molecule has 0 fully saturated rings. The Hall–Kier alpha value is 0.424. The molecule has 0 aromatic heterocycles. The van der Waals surface area contributed by atoms with Gasteiger partial charge in [0.1, 0.15) is 0 Å². The number of rotatable bonds is 16. The first-order chi connectivity index (χ1) is 11.8. The molecule has 0 heterocycles. The van der Waals surface area contributed by atoms with Gasteiger partial charge in [-0.3, -0.25) is 9.36 Å². The molecule has 1 amide bonds. The summed E-state index contributed by atoms with van der Waals surface area (Å²) in [7, 11) is -3.80. The Labute approximate surface area is 182 Å². The van der Waals surface area contributed by atoms with Crippen molar-refractivity contribution in [2.45, 2.75) is 12.5 Å². The van der Waals surface area contributed by atoms with Crippen LogP contribution in [0.1, 0.15) is 6.42 Å². The molecule has 0 saturated heterocycles. The molecule has 10 nitrogen and oxygen atoms in total. The van der Waals surface area contributed by atoms with E-state index < -0.39 is 32.1 Å². The van der Waals surface area contributed by atoms with E-state index in [-0.39, 0.29) is 51.7 Å². The molecule has 151 valence electrons. The van der Waals surface area contributed by atoms with Crippen LogP contribution in [-0.4, -0.2) is 90.8 Å². The van der Waals surface area contributed by atoms with Crippen LogP contribution < -0.4 is 5.32 Å². The summed E-state index contributed by atoms with van der Waals surface area (Å²) in [6.07, 6.45) is 0.715. The van der Waals surface area contributed by atoms with E-state index in [9.17, 15) is 14.2 Å². The van der Waals surface area contributed by atoms with Crippen molar-refractivity contribution in [2.75, 3.05) is 57.8 Å². The molecule has 0 spiro atoms. The third-order valence-electron chi connectivity index (χ3n) is 2.53. The molecule has 0 aliphatic rings. The van der Waals surface area contributed by atoms with E-state index in [1.807, 2.05) is 0 Å². The summed E-state index contributed by atoms with van der Waals surface area (Å²) < 4.78 is 25.8. The molecule has 2 unspecified atom stereocenters. The molecule has 1 radical (unpaired) electrons. The standard InChI is InChI=1S/C13H26NO9PS.Y/c1-24(19,20)23-9-11(13(17)18)14-12(16)10-25-8-2-4-21-6-7-22-5-3-15;/h11,15H,2-10H2,1H3,(H,14,16)(H,17,18)(H,19,20);. The number of aliphatic carboxylic acids is 1. The zero-order valence-corrected chi connectivity index (χ0v) is 19.2. The molecule has 0 aliphatic heterocycles. The number of aliphatic hydroxyl groups is 1. The van der Waals surface area contributed by atoms with Gasteiger partial charge < -0.3 is 34.4 Å². The predicted molar refractivity (Wildman–Crippen MR) is 91.9 cm³/mol. The van der Waals surface area contributed by atoms with Crippen LogP contribution in [0.4, 0.5) is 0 Å². The third kappa shape index (κ3) is 19.2. The van der Waals surface area contributed by atoms with Crippen molar-refractivity contribution >= 4 is 31.2 Å². The molecule has 26 heavy (non-hydrogen) atoms. The van der Waals surface area contributed by atoms with Gasteiger partial charge in [-0.1, -0.05) is 0 Å². The van der Waals surface area contributed by atoms with Crippen molar-refractivity contribution in [1.29, 1.82) is 0 Å². The topological polar surface area (TPSA) is 152 Å². The Morgan fingerprint density at radius 3 is 2.35 bits per heavy atom. The smallest absolute Gasteiger partial charge is 0.328 e. The van der Waals surface area contributed by atoms with Gasteiger partial charge in [-0.25, -0.2) is 4.79 Å². The van der Waals surface area contributed by atoms with E-state index in [4.69, 9.17) is 24.6 Å². The molecule has 0 saturated carbocycles. The van der Waals surface area contributed by atoms with Crippen LogP contribution in [0.25, 0.3) is 0 Å². The normalized spacial score (nSPS) is 14.1. The van der Waals surface area contributed by atoms with Gasteiger partial charge in [0.05, 0.1) is 38.8 Å². The van der Waals surface area contributed by atoms with Crippen molar-refractivity contribution in [3.8, 4) is 0 Å². The molecule has 4 N–H and O–H groups in total. The van der Waals surface area contributed by atoms with Crippen LogP contribution in [0.5, 0.6) is 0 Å². The Bertz CT molecular complexity index is 438. The Balaban J connectivity index is 0. The van der Waals surface area contributed by atoms with E-state index in [1.54, 1.807) is 0 Å². The van der Waals surface area contributed by atoms with Gasteiger partial charge in [0.2, 0.25) is 5.91 Å². The van der Waals surface area contributed by atoms with Gasteiger partial charge in [-0.05, 0) is 12.2 Å². The van der Waals surface area contributed by atoms with Crippen LogP contribution in [-0.2, 0) is 60.9 Å². The zero-order chi connectivity index (χ0) is 19.1. The molecular weight excluding hydrogens is 466 g/mol. The quantitative estimate of drug-likeness (QED) is 0.165. The minimum Gasteiger partial charge on any atom is -0.480 e. The maximum atomic E-state index is 11.7. The monoisotopic (exact) mass is 492 g/mol. The van der Waals surface area contributed by atoms with Gasteiger partial charge in [-0.15, -0.1) is 0 Å². The number of thioether (sulfide) groups is 1. The fourth-order valence-electron chi connectivity index (χ4n) is 1.44. The number of aliphatic hydroxyl groups excluding tert-OH is 1. The molecule has 0 aromatic rings. The van der Waals surface area contributed by atoms with Crippen molar-refractivity contribution in [3.63, 3.8) is 0 Å². The maximum Gasteiger partial charge on any atom is 0.328 e. The van der Waals surface area contributed by atoms with Gasteiger partial charge >= 0.3 is 13.6 Å². The second-order valence-electron chi connectivity index (χ2n) is 4.91. The third-order valence-corrected chi connectivity index (χ3v) is 4.20. The predicted octanol–water partition coefficient (Wildman–Crippen LogP) is -0.466. The number of carbonyl (C=O) groups excluding carboxylic acids is 1. The number of hydrogen-bond acceptors (Lipinski definition) is 8. The number of ether oxygens (including phenoxy) is 2. The van der Waals surface area contributed by atoms with Gasteiger partial charge in [0.25, 0.3) is 0 Å². The summed E-state index contributed by atoms with van der Waals surface area (Å²) >= 11 is 1.32. The van der Waals surface area contributed by atoms with Gasteiger partial charge in [0, 0.05) is 46.0 Å².